The molecule has 0 radical (unpaired) electrons. The minimum atomic E-state index is 0.148. The molecule has 0 aliphatic heterocycles. The summed E-state index contributed by atoms with van der Waals surface area (Å²) in [6.45, 7) is 0.148. The summed E-state index contributed by atoms with van der Waals surface area (Å²) in [6.07, 6.45) is 3.65. The molecule has 0 saturated carbocycles. The van der Waals surface area contributed by atoms with E-state index >= 15 is 0 Å². The highest BCUT2D eigenvalue weighted by atomic mass is 32.2. The van der Waals surface area contributed by atoms with Crippen molar-refractivity contribution >= 4 is 11.8 Å². The van der Waals surface area contributed by atoms with E-state index in [-0.39, 0.29) is 6.61 Å². The second-order valence-electron chi connectivity index (χ2n) is 3.35. The van der Waals surface area contributed by atoms with Crippen molar-refractivity contribution in [2.24, 2.45) is 0 Å². The number of hydrogen-bond acceptors (Lipinski definition) is 4. The molecule has 1 N–H and O–H groups in total. The van der Waals surface area contributed by atoms with E-state index in [1.807, 2.05) is 35.0 Å². The minimum Gasteiger partial charge on any atom is -0.497 e. The Balaban J connectivity index is 2.28. The van der Waals surface area contributed by atoms with Gasteiger partial charge in [-0.25, -0.2) is 4.98 Å². The molecule has 0 spiro atoms. The van der Waals surface area contributed by atoms with Gasteiger partial charge < -0.3 is 9.84 Å². The summed E-state index contributed by atoms with van der Waals surface area (Å²) in [6, 6.07) is 7.79. The maximum absolute atomic E-state index is 8.83. The minimum absolute atomic E-state index is 0.148. The molecule has 0 amide bonds. The van der Waals surface area contributed by atoms with Gasteiger partial charge in [-0.1, -0.05) is 17.8 Å². The fourth-order valence-electron chi connectivity index (χ4n) is 1.49. The first kappa shape index (κ1) is 12.0. The molecule has 1 heterocycles. The molecule has 0 atom stereocenters. The first-order valence-corrected chi connectivity index (χ1v) is 6.25. The van der Waals surface area contributed by atoms with E-state index < -0.39 is 0 Å². The second-order valence-corrected chi connectivity index (χ2v) is 4.42. The summed E-state index contributed by atoms with van der Waals surface area (Å²) < 4.78 is 7.17. The second kappa shape index (κ2) is 5.75. The van der Waals surface area contributed by atoms with E-state index in [4.69, 9.17) is 9.84 Å². The number of imidazole rings is 1. The molecule has 90 valence electrons. The molecule has 5 heteroatoms. The monoisotopic (exact) mass is 250 g/mol. The number of aromatic nitrogens is 2. The fraction of sp³-hybridized carbons (Fsp3) is 0.250. The van der Waals surface area contributed by atoms with Gasteiger partial charge in [0.15, 0.2) is 5.16 Å². The molecule has 0 saturated heterocycles. The standard InChI is InChI=1S/C12H14N2O2S/c1-16-11-4-2-3-10(9-11)14-6-5-13-12(14)17-8-7-15/h2-6,9,15H,7-8H2,1H3. The number of hydrogen-bond donors (Lipinski definition) is 1. The van der Waals surface area contributed by atoms with Crippen LogP contribution in [0.3, 0.4) is 0 Å². The number of thioether (sulfide) groups is 1. The molecule has 4 nitrogen and oxygen atoms in total. The zero-order valence-corrected chi connectivity index (χ0v) is 10.4. The van der Waals surface area contributed by atoms with Gasteiger partial charge in [-0.3, -0.25) is 4.57 Å². The number of benzene rings is 1. The molecule has 1 aromatic heterocycles. The van der Waals surface area contributed by atoms with Crippen molar-refractivity contribution in [1.82, 2.24) is 9.55 Å². The van der Waals surface area contributed by atoms with Crippen LogP contribution in [0, 0.1) is 0 Å². The van der Waals surface area contributed by atoms with Crippen LogP contribution >= 0.6 is 11.8 Å². The van der Waals surface area contributed by atoms with Gasteiger partial charge in [0.1, 0.15) is 5.75 Å². The number of rotatable bonds is 5. The molecule has 0 aliphatic rings. The lowest BCUT2D eigenvalue weighted by atomic mass is 10.3. The Labute approximate surface area is 104 Å². The van der Waals surface area contributed by atoms with Crippen molar-refractivity contribution in [3.05, 3.63) is 36.7 Å². The Morgan fingerprint density at radius 1 is 1.47 bits per heavy atom. The van der Waals surface area contributed by atoms with Gasteiger partial charge in [-0.2, -0.15) is 0 Å². The summed E-state index contributed by atoms with van der Waals surface area (Å²) in [7, 11) is 1.65. The van der Waals surface area contributed by atoms with Crippen LogP contribution in [-0.4, -0.2) is 34.1 Å². The number of methoxy groups -OCH3 is 1. The van der Waals surface area contributed by atoms with Crippen LogP contribution in [0.2, 0.25) is 0 Å². The summed E-state index contributed by atoms with van der Waals surface area (Å²) >= 11 is 1.52. The van der Waals surface area contributed by atoms with Crippen molar-refractivity contribution in [2.45, 2.75) is 5.16 Å². The molecular weight excluding hydrogens is 236 g/mol. The highest BCUT2D eigenvalue weighted by molar-refractivity contribution is 7.99. The Hall–Kier alpha value is -1.46. The van der Waals surface area contributed by atoms with E-state index in [9.17, 15) is 0 Å². The Morgan fingerprint density at radius 2 is 2.35 bits per heavy atom. The molecule has 0 unspecified atom stereocenters. The third-order valence-corrected chi connectivity index (χ3v) is 3.21. The fourth-order valence-corrected chi connectivity index (χ4v) is 2.20. The van der Waals surface area contributed by atoms with Crippen molar-refractivity contribution < 1.29 is 9.84 Å². The molecule has 17 heavy (non-hydrogen) atoms. The van der Waals surface area contributed by atoms with E-state index in [0.29, 0.717) is 5.75 Å². The highest BCUT2D eigenvalue weighted by Gasteiger charge is 2.05. The zero-order chi connectivity index (χ0) is 12.1. The van der Waals surface area contributed by atoms with E-state index in [1.54, 1.807) is 13.3 Å². The van der Waals surface area contributed by atoms with Crippen molar-refractivity contribution in [3.63, 3.8) is 0 Å². The van der Waals surface area contributed by atoms with E-state index in [0.717, 1.165) is 16.6 Å². The van der Waals surface area contributed by atoms with Gasteiger partial charge in [0.2, 0.25) is 0 Å². The van der Waals surface area contributed by atoms with Crippen molar-refractivity contribution in [1.29, 1.82) is 0 Å². The van der Waals surface area contributed by atoms with Crippen LogP contribution in [0.4, 0.5) is 0 Å². The summed E-state index contributed by atoms with van der Waals surface area (Å²) in [5.74, 6) is 1.45. The predicted molar refractivity (Wildman–Crippen MR) is 67.9 cm³/mol. The smallest absolute Gasteiger partial charge is 0.172 e. The van der Waals surface area contributed by atoms with Crippen molar-refractivity contribution in [3.8, 4) is 11.4 Å². The number of aliphatic hydroxyl groups is 1. The van der Waals surface area contributed by atoms with Crippen molar-refractivity contribution in [2.75, 3.05) is 19.5 Å². The molecule has 0 fully saturated rings. The Kier molecular flexibility index (Phi) is 4.06. The molecule has 2 aromatic rings. The van der Waals surface area contributed by atoms with Gasteiger partial charge in [0.25, 0.3) is 0 Å². The largest absolute Gasteiger partial charge is 0.497 e. The van der Waals surface area contributed by atoms with Crippen LogP contribution in [0.25, 0.3) is 5.69 Å². The van der Waals surface area contributed by atoms with E-state index in [1.165, 1.54) is 11.8 Å². The lowest BCUT2D eigenvalue weighted by molar-refractivity contribution is 0.322. The molecule has 0 bridgehead atoms. The molecule has 0 aliphatic carbocycles. The molecular formula is C12H14N2O2S. The van der Waals surface area contributed by atoms with Crippen LogP contribution in [-0.2, 0) is 0 Å². The highest BCUT2D eigenvalue weighted by Crippen LogP contribution is 2.22. The van der Waals surface area contributed by atoms with Crippen LogP contribution in [0.5, 0.6) is 5.75 Å². The average Bonchev–Trinajstić information content (AvgIpc) is 2.84. The zero-order valence-electron chi connectivity index (χ0n) is 9.54. The maximum Gasteiger partial charge on any atom is 0.172 e. The number of nitrogens with zero attached hydrogens (tertiary/aromatic N) is 2. The van der Waals surface area contributed by atoms with Crippen LogP contribution in [0.1, 0.15) is 0 Å². The summed E-state index contributed by atoms with van der Waals surface area (Å²) in [5, 5.41) is 9.70. The van der Waals surface area contributed by atoms with Gasteiger partial charge in [-0.15, -0.1) is 0 Å². The maximum atomic E-state index is 8.83. The van der Waals surface area contributed by atoms with Gasteiger partial charge >= 0.3 is 0 Å². The van der Waals surface area contributed by atoms with Crippen LogP contribution in [0.15, 0.2) is 41.8 Å². The van der Waals surface area contributed by atoms with Gasteiger partial charge in [-0.05, 0) is 12.1 Å². The van der Waals surface area contributed by atoms with Crippen LogP contribution < -0.4 is 4.74 Å². The third kappa shape index (κ3) is 2.81. The lowest BCUT2D eigenvalue weighted by Crippen LogP contribution is -1.97. The summed E-state index contributed by atoms with van der Waals surface area (Å²) in [4.78, 5) is 4.26. The average molecular weight is 250 g/mol. The Bertz CT molecular complexity index is 485. The molecule has 1 aromatic carbocycles. The third-order valence-electron chi connectivity index (χ3n) is 2.26. The van der Waals surface area contributed by atoms with Gasteiger partial charge in [0, 0.05) is 24.2 Å². The number of ether oxygens (including phenoxy) is 1. The number of aliphatic hydroxyl groups excluding tert-OH is 1. The first-order valence-electron chi connectivity index (χ1n) is 5.26. The normalized spacial score (nSPS) is 10.5. The quantitative estimate of drug-likeness (QED) is 0.824. The molecule has 2 rings (SSSR count). The summed E-state index contributed by atoms with van der Waals surface area (Å²) in [5.41, 5.74) is 1.00. The van der Waals surface area contributed by atoms with E-state index in [2.05, 4.69) is 4.98 Å². The Morgan fingerprint density at radius 3 is 3.12 bits per heavy atom. The topological polar surface area (TPSA) is 47.3 Å². The first-order chi connectivity index (χ1) is 8.35. The lowest BCUT2D eigenvalue weighted by Gasteiger charge is -2.08. The van der Waals surface area contributed by atoms with Gasteiger partial charge in [0.05, 0.1) is 19.4 Å². The SMILES string of the molecule is COc1cccc(-n2ccnc2SCCO)c1. The predicted octanol–water partition coefficient (Wildman–Crippen LogP) is 1.97.